The molecular formula is C30H27F3O6. The van der Waals surface area contributed by atoms with Crippen molar-refractivity contribution in [3.05, 3.63) is 92.8 Å². The molecule has 1 heterocycles. The Balaban J connectivity index is 1.54. The number of benzene rings is 3. The first kappa shape index (κ1) is 27.8. The van der Waals surface area contributed by atoms with Gasteiger partial charge in [-0.1, -0.05) is 24.3 Å². The molecule has 3 aromatic carbocycles. The number of hydrogen-bond donors (Lipinski definition) is 0. The summed E-state index contributed by atoms with van der Waals surface area (Å²) in [4.78, 5) is 25.4. The summed E-state index contributed by atoms with van der Waals surface area (Å²) in [6.07, 6.45) is -4.63. The van der Waals surface area contributed by atoms with Gasteiger partial charge in [-0.05, 0) is 80.6 Å². The monoisotopic (exact) mass is 540 g/mol. The average Bonchev–Trinajstić information content (AvgIpc) is 2.86. The quantitative estimate of drug-likeness (QED) is 0.130. The Morgan fingerprint density at radius 2 is 1.67 bits per heavy atom. The van der Waals surface area contributed by atoms with E-state index in [0.29, 0.717) is 17.7 Å². The molecule has 4 rings (SSSR count). The molecule has 0 amide bonds. The molecule has 9 heteroatoms. The number of esters is 1. The molecule has 0 bridgehead atoms. The Labute approximate surface area is 222 Å². The van der Waals surface area contributed by atoms with Crippen molar-refractivity contribution in [2.75, 3.05) is 6.61 Å². The molecule has 0 N–H and O–H groups in total. The molecule has 0 aliphatic carbocycles. The molecule has 0 unspecified atom stereocenters. The van der Waals surface area contributed by atoms with E-state index in [0.717, 1.165) is 22.8 Å². The zero-order valence-corrected chi connectivity index (χ0v) is 21.9. The van der Waals surface area contributed by atoms with Crippen LogP contribution in [-0.4, -0.2) is 12.6 Å². The van der Waals surface area contributed by atoms with Crippen LogP contribution < -0.4 is 19.6 Å². The number of carbonyl (C=O) groups is 1. The highest BCUT2D eigenvalue weighted by Crippen LogP contribution is 2.39. The van der Waals surface area contributed by atoms with Gasteiger partial charge in [0.1, 0.15) is 22.8 Å². The molecule has 0 fully saturated rings. The molecule has 204 valence electrons. The number of halogens is 3. The molecule has 0 radical (unpaired) electrons. The molecule has 0 saturated heterocycles. The minimum atomic E-state index is -5.01. The van der Waals surface area contributed by atoms with Crippen LogP contribution in [0.5, 0.6) is 23.0 Å². The zero-order chi connectivity index (χ0) is 28.3. The van der Waals surface area contributed by atoms with Crippen molar-refractivity contribution in [3.63, 3.8) is 0 Å². The van der Waals surface area contributed by atoms with Crippen LogP contribution in [0.4, 0.5) is 13.2 Å². The minimum absolute atomic E-state index is 0.0176. The van der Waals surface area contributed by atoms with Gasteiger partial charge >= 0.3 is 12.1 Å². The van der Waals surface area contributed by atoms with E-state index in [1.165, 1.54) is 12.1 Å². The second-order valence-electron chi connectivity index (χ2n) is 9.24. The van der Waals surface area contributed by atoms with E-state index >= 15 is 0 Å². The van der Waals surface area contributed by atoms with Gasteiger partial charge in [-0.25, -0.2) is 0 Å². The van der Waals surface area contributed by atoms with Gasteiger partial charge in [0.05, 0.1) is 12.0 Å². The fourth-order valence-electron chi connectivity index (χ4n) is 4.02. The average molecular weight is 541 g/mol. The van der Waals surface area contributed by atoms with Crippen LogP contribution >= 0.6 is 0 Å². The predicted octanol–water partition coefficient (Wildman–Crippen LogP) is 7.60. The second kappa shape index (κ2) is 11.2. The maximum absolute atomic E-state index is 13.9. The molecule has 0 aliphatic heterocycles. The largest absolute Gasteiger partial charge is 0.493 e. The van der Waals surface area contributed by atoms with Crippen molar-refractivity contribution in [2.45, 2.75) is 46.7 Å². The van der Waals surface area contributed by atoms with Gasteiger partial charge in [-0.3, -0.25) is 9.59 Å². The molecule has 0 saturated carbocycles. The Bertz CT molecular complexity index is 1590. The lowest BCUT2D eigenvalue weighted by Gasteiger charge is -2.16. The number of aryl methyl sites for hydroxylation is 3. The number of rotatable bonds is 8. The van der Waals surface area contributed by atoms with Gasteiger partial charge in [0, 0.05) is 12.5 Å². The van der Waals surface area contributed by atoms with Crippen molar-refractivity contribution >= 4 is 16.9 Å². The summed E-state index contributed by atoms with van der Waals surface area (Å²) >= 11 is 0. The summed E-state index contributed by atoms with van der Waals surface area (Å²) in [6.45, 7) is 7.45. The fourth-order valence-corrected chi connectivity index (χ4v) is 4.02. The van der Waals surface area contributed by atoms with Crippen LogP contribution in [-0.2, 0) is 11.0 Å². The highest BCUT2D eigenvalue weighted by atomic mass is 19.4. The van der Waals surface area contributed by atoms with Crippen LogP contribution in [0.15, 0.2) is 63.8 Å². The lowest BCUT2D eigenvalue weighted by Crippen LogP contribution is -2.16. The maximum Gasteiger partial charge on any atom is 0.453 e. The molecule has 1 aromatic heterocycles. The van der Waals surface area contributed by atoms with Crippen molar-refractivity contribution in [1.82, 2.24) is 0 Å². The summed E-state index contributed by atoms with van der Waals surface area (Å²) in [5.41, 5.74) is 1.75. The Morgan fingerprint density at radius 3 is 2.38 bits per heavy atom. The second-order valence-corrected chi connectivity index (χ2v) is 9.24. The Kier molecular flexibility index (Phi) is 7.99. The highest BCUT2D eigenvalue weighted by molar-refractivity contribution is 5.81. The van der Waals surface area contributed by atoms with Gasteiger partial charge in [0.25, 0.3) is 5.76 Å². The number of hydrogen-bond acceptors (Lipinski definition) is 6. The topological polar surface area (TPSA) is 75.0 Å². The Morgan fingerprint density at radius 1 is 0.923 bits per heavy atom. The summed E-state index contributed by atoms with van der Waals surface area (Å²) in [6, 6.07) is 14.5. The van der Waals surface area contributed by atoms with Gasteiger partial charge in [0.15, 0.2) is 0 Å². The maximum atomic E-state index is 13.9. The standard InChI is InChI=1S/C30H27F3O6/c1-17-14-19(3)20(4)24(15-17)38-28-27(35)22-12-11-21(16-25(22)39-29(28)30(31,32)33)37-26(34)10-7-13-36-23-9-6-5-8-18(23)2/h5-6,8-9,11-12,14-16H,7,10,13H2,1-4H3. The first-order valence-electron chi connectivity index (χ1n) is 12.3. The van der Waals surface area contributed by atoms with Gasteiger partial charge in [0.2, 0.25) is 11.2 Å². The molecule has 4 aromatic rings. The van der Waals surface area contributed by atoms with Crippen LogP contribution in [0.3, 0.4) is 0 Å². The third-order valence-electron chi connectivity index (χ3n) is 6.16. The normalized spacial score (nSPS) is 11.5. The number of ether oxygens (including phenoxy) is 3. The minimum Gasteiger partial charge on any atom is -0.493 e. The van der Waals surface area contributed by atoms with Gasteiger partial charge < -0.3 is 18.6 Å². The molecule has 6 nitrogen and oxygen atoms in total. The number of alkyl halides is 3. The Hall–Kier alpha value is -4.27. The fraction of sp³-hybridized carbons (Fsp3) is 0.267. The van der Waals surface area contributed by atoms with E-state index in [1.807, 2.05) is 37.3 Å². The number of fused-ring (bicyclic) bond motifs is 1. The zero-order valence-electron chi connectivity index (χ0n) is 21.9. The summed E-state index contributed by atoms with van der Waals surface area (Å²) < 4.78 is 63.4. The summed E-state index contributed by atoms with van der Waals surface area (Å²) in [5.74, 6) is -2.35. The summed E-state index contributed by atoms with van der Waals surface area (Å²) in [5, 5.41) is -0.147. The predicted molar refractivity (Wildman–Crippen MR) is 140 cm³/mol. The molecule has 0 atom stereocenters. The number of para-hydroxylation sites is 1. The van der Waals surface area contributed by atoms with Gasteiger partial charge in [-0.2, -0.15) is 13.2 Å². The van der Waals surface area contributed by atoms with Crippen molar-refractivity contribution in [1.29, 1.82) is 0 Å². The smallest absolute Gasteiger partial charge is 0.453 e. The third-order valence-corrected chi connectivity index (χ3v) is 6.16. The van der Waals surface area contributed by atoms with Crippen molar-refractivity contribution < 1.29 is 36.6 Å². The van der Waals surface area contributed by atoms with E-state index < -0.39 is 29.1 Å². The highest BCUT2D eigenvalue weighted by Gasteiger charge is 2.40. The van der Waals surface area contributed by atoms with E-state index in [9.17, 15) is 22.8 Å². The first-order valence-corrected chi connectivity index (χ1v) is 12.3. The molecule has 0 spiro atoms. The molecule has 0 aliphatic rings. The van der Waals surface area contributed by atoms with Crippen molar-refractivity contribution in [2.24, 2.45) is 0 Å². The summed E-state index contributed by atoms with van der Waals surface area (Å²) in [7, 11) is 0. The van der Waals surface area contributed by atoms with Crippen LogP contribution in [0, 0.1) is 27.7 Å². The van der Waals surface area contributed by atoms with E-state index in [-0.39, 0.29) is 35.5 Å². The first-order chi connectivity index (χ1) is 18.4. The molecular weight excluding hydrogens is 513 g/mol. The van der Waals surface area contributed by atoms with E-state index in [2.05, 4.69) is 0 Å². The lowest BCUT2D eigenvalue weighted by atomic mass is 10.1. The lowest BCUT2D eigenvalue weighted by molar-refractivity contribution is -0.154. The van der Waals surface area contributed by atoms with Crippen molar-refractivity contribution in [3.8, 4) is 23.0 Å². The van der Waals surface area contributed by atoms with Crippen LogP contribution in [0.1, 0.15) is 40.9 Å². The third kappa shape index (κ3) is 6.42. The van der Waals surface area contributed by atoms with E-state index in [1.54, 1.807) is 26.8 Å². The van der Waals surface area contributed by atoms with Crippen LogP contribution in [0.2, 0.25) is 0 Å². The molecule has 39 heavy (non-hydrogen) atoms. The van der Waals surface area contributed by atoms with E-state index in [4.69, 9.17) is 18.6 Å². The van der Waals surface area contributed by atoms with Gasteiger partial charge in [-0.15, -0.1) is 0 Å². The van der Waals surface area contributed by atoms with Crippen LogP contribution in [0.25, 0.3) is 11.0 Å². The number of carbonyl (C=O) groups excluding carboxylic acids is 1. The SMILES string of the molecule is Cc1cc(C)c(C)c(Oc2c(C(F)(F)F)oc3cc(OC(=O)CCCOc4ccccc4C)ccc3c2=O)c1.